The molecule has 0 amide bonds. The fraction of sp³-hybridized carbons (Fsp3) is 0.231. The van der Waals surface area contributed by atoms with Gasteiger partial charge in [0.25, 0.3) is 5.88 Å². The molecule has 36 heavy (non-hydrogen) atoms. The number of hydrogen-bond acceptors (Lipinski definition) is 8. The smallest absolute Gasteiger partial charge is 0.328 e. The first-order valence-electron chi connectivity index (χ1n) is 11.0. The van der Waals surface area contributed by atoms with Crippen molar-refractivity contribution in [3.8, 4) is 23.1 Å². The number of carboxylic acid groups (broad SMARTS) is 2. The number of ether oxygens (including phenoxy) is 4. The fourth-order valence-corrected chi connectivity index (χ4v) is 2.70. The lowest BCUT2D eigenvalue weighted by molar-refractivity contribution is -0.134. The molecule has 0 bridgehead atoms. The van der Waals surface area contributed by atoms with Crippen LogP contribution in [0.15, 0.2) is 79.3 Å². The lowest BCUT2D eigenvalue weighted by Gasteiger charge is -2.15. The highest BCUT2D eigenvalue weighted by atomic mass is 16.7. The van der Waals surface area contributed by atoms with Crippen LogP contribution in [0, 0.1) is 0 Å². The number of para-hydroxylation sites is 1. The highest BCUT2D eigenvalue weighted by Crippen LogP contribution is 2.29. The standard InChI is InChI=1S/C22H24N2O4.C4H4O4/c1-17(25-2)27-21-16-23-14-12-18(21)8-7-15-26-20-11-6-13-24-22(20)28-19-9-4-3-5-10-19;5-3(6)1-2-4(7)8/h3-6,9-14,16-17H,7-8,15H2,1-2H3;1-2H,(H,5,6)(H,7,8)/b;2-1+. The van der Waals surface area contributed by atoms with Gasteiger partial charge in [0.1, 0.15) is 11.5 Å². The van der Waals surface area contributed by atoms with Crippen LogP contribution in [0.4, 0.5) is 0 Å². The Balaban J connectivity index is 0.000000493. The first-order valence-corrected chi connectivity index (χ1v) is 11.0. The van der Waals surface area contributed by atoms with E-state index in [0.717, 1.165) is 29.9 Å². The summed E-state index contributed by atoms with van der Waals surface area (Å²) in [5, 5.41) is 15.6. The number of benzene rings is 1. The average molecular weight is 497 g/mol. The molecule has 10 nitrogen and oxygen atoms in total. The quantitative estimate of drug-likeness (QED) is 0.211. The molecular formula is C26H28N2O8. The van der Waals surface area contributed by atoms with Crippen molar-refractivity contribution < 1.29 is 38.7 Å². The summed E-state index contributed by atoms with van der Waals surface area (Å²) in [7, 11) is 1.61. The van der Waals surface area contributed by atoms with E-state index in [1.807, 2.05) is 55.5 Å². The van der Waals surface area contributed by atoms with Crippen LogP contribution in [-0.2, 0) is 20.7 Å². The Kier molecular flexibility index (Phi) is 11.9. The van der Waals surface area contributed by atoms with E-state index in [0.29, 0.717) is 30.4 Å². The van der Waals surface area contributed by atoms with Gasteiger partial charge in [-0.15, -0.1) is 0 Å². The molecule has 0 saturated heterocycles. The van der Waals surface area contributed by atoms with Crippen molar-refractivity contribution in [1.82, 2.24) is 9.97 Å². The van der Waals surface area contributed by atoms with E-state index in [1.54, 1.807) is 25.7 Å². The van der Waals surface area contributed by atoms with Crippen LogP contribution >= 0.6 is 0 Å². The maximum absolute atomic E-state index is 9.55. The first kappa shape index (κ1) is 27.8. The zero-order chi connectivity index (χ0) is 26.2. The Hall–Kier alpha value is -4.44. The molecule has 0 saturated carbocycles. The lowest BCUT2D eigenvalue weighted by atomic mass is 10.1. The summed E-state index contributed by atoms with van der Waals surface area (Å²) in [4.78, 5) is 27.5. The highest BCUT2D eigenvalue weighted by molar-refractivity contribution is 5.89. The van der Waals surface area contributed by atoms with E-state index in [4.69, 9.17) is 29.2 Å². The fourth-order valence-electron chi connectivity index (χ4n) is 2.70. The zero-order valence-corrected chi connectivity index (χ0v) is 19.9. The van der Waals surface area contributed by atoms with Crippen LogP contribution in [0.25, 0.3) is 0 Å². The van der Waals surface area contributed by atoms with Gasteiger partial charge in [-0.2, -0.15) is 0 Å². The maximum atomic E-state index is 9.55. The number of pyridine rings is 2. The van der Waals surface area contributed by atoms with Crippen molar-refractivity contribution in [3.63, 3.8) is 0 Å². The predicted molar refractivity (Wildman–Crippen MR) is 130 cm³/mol. The zero-order valence-electron chi connectivity index (χ0n) is 19.9. The largest absolute Gasteiger partial charge is 0.488 e. The Labute approximate surface area is 208 Å². The van der Waals surface area contributed by atoms with Gasteiger partial charge in [-0.1, -0.05) is 18.2 Å². The second kappa shape index (κ2) is 15.5. The van der Waals surface area contributed by atoms with Crippen LogP contribution in [-0.4, -0.2) is 52.1 Å². The molecule has 0 aliphatic carbocycles. The number of carboxylic acids is 2. The van der Waals surface area contributed by atoms with Crippen molar-refractivity contribution in [2.45, 2.75) is 26.1 Å². The van der Waals surface area contributed by atoms with E-state index in [-0.39, 0.29) is 6.29 Å². The van der Waals surface area contributed by atoms with Crippen molar-refractivity contribution in [3.05, 3.63) is 84.8 Å². The summed E-state index contributed by atoms with van der Waals surface area (Å²) in [5.74, 6) is 0.00382. The van der Waals surface area contributed by atoms with Crippen LogP contribution in [0.1, 0.15) is 18.9 Å². The van der Waals surface area contributed by atoms with Gasteiger partial charge in [-0.25, -0.2) is 14.6 Å². The Bertz CT molecular complexity index is 1110. The third kappa shape index (κ3) is 10.7. The number of methoxy groups -OCH3 is 1. The Morgan fingerprint density at radius 2 is 1.69 bits per heavy atom. The number of aromatic nitrogens is 2. The molecule has 2 aromatic heterocycles. The summed E-state index contributed by atoms with van der Waals surface area (Å²) in [5.41, 5.74) is 1.06. The Morgan fingerprint density at radius 1 is 0.972 bits per heavy atom. The molecule has 3 aromatic rings. The number of carbonyl (C=O) groups is 2. The molecule has 1 unspecified atom stereocenters. The molecular weight excluding hydrogens is 468 g/mol. The second-order valence-corrected chi connectivity index (χ2v) is 7.09. The van der Waals surface area contributed by atoms with Crippen molar-refractivity contribution in [2.75, 3.05) is 13.7 Å². The van der Waals surface area contributed by atoms with Gasteiger partial charge in [0, 0.05) is 31.7 Å². The average Bonchev–Trinajstić information content (AvgIpc) is 2.88. The SMILES string of the molecule is COC(C)Oc1cnccc1CCCOc1cccnc1Oc1ccccc1.O=C(O)/C=C/C(=O)O. The number of aliphatic carboxylic acids is 2. The van der Waals surface area contributed by atoms with Crippen molar-refractivity contribution in [1.29, 1.82) is 0 Å². The number of hydrogen-bond donors (Lipinski definition) is 2. The third-order valence-corrected chi connectivity index (χ3v) is 4.41. The molecule has 2 heterocycles. The molecule has 190 valence electrons. The monoisotopic (exact) mass is 496 g/mol. The summed E-state index contributed by atoms with van der Waals surface area (Å²) < 4.78 is 22.6. The number of aryl methyl sites for hydroxylation is 1. The lowest BCUT2D eigenvalue weighted by Crippen LogP contribution is -2.15. The molecule has 1 atom stereocenters. The summed E-state index contributed by atoms with van der Waals surface area (Å²) in [6.45, 7) is 2.37. The van der Waals surface area contributed by atoms with E-state index >= 15 is 0 Å². The van der Waals surface area contributed by atoms with Gasteiger partial charge in [0.05, 0.1) is 12.8 Å². The molecule has 0 aliphatic rings. The van der Waals surface area contributed by atoms with Crippen LogP contribution in [0.5, 0.6) is 23.1 Å². The van der Waals surface area contributed by atoms with E-state index in [2.05, 4.69) is 9.97 Å². The normalized spacial score (nSPS) is 11.2. The van der Waals surface area contributed by atoms with Gasteiger partial charge >= 0.3 is 11.9 Å². The van der Waals surface area contributed by atoms with Gasteiger partial charge in [0.15, 0.2) is 12.0 Å². The second-order valence-electron chi connectivity index (χ2n) is 7.09. The number of nitrogens with zero attached hydrogens (tertiary/aromatic N) is 2. The summed E-state index contributed by atoms with van der Waals surface area (Å²) in [6.07, 6.45) is 7.54. The topological polar surface area (TPSA) is 137 Å². The molecule has 0 spiro atoms. The minimum Gasteiger partial charge on any atom is -0.488 e. The molecule has 1 aromatic carbocycles. The predicted octanol–water partition coefficient (Wildman–Crippen LogP) is 4.36. The first-order chi connectivity index (χ1) is 17.4. The number of rotatable bonds is 12. The minimum atomic E-state index is -1.26. The van der Waals surface area contributed by atoms with Crippen LogP contribution in [0.2, 0.25) is 0 Å². The highest BCUT2D eigenvalue weighted by Gasteiger charge is 2.10. The van der Waals surface area contributed by atoms with E-state index < -0.39 is 11.9 Å². The molecule has 0 radical (unpaired) electrons. The van der Waals surface area contributed by atoms with Gasteiger partial charge in [-0.3, -0.25) is 4.98 Å². The van der Waals surface area contributed by atoms with Crippen molar-refractivity contribution >= 4 is 11.9 Å². The molecule has 0 fully saturated rings. The molecule has 3 rings (SSSR count). The Morgan fingerprint density at radius 3 is 2.36 bits per heavy atom. The molecule has 2 N–H and O–H groups in total. The van der Waals surface area contributed by atoms with E-state index in [9.17, 15) is 9.59 Å². The summed E-state index contributed by atoms with van der Waals surface area (Å²) in [6, 6.07) is 15.2. The van der Waals surface area contributed by atoms with E-state index in [1.165, 1.54) is 0 Å². The van der Waals surface area contributed by atoms with Gasteiger partial charge in [0.2, 0.25) is 0 Å². The third-order valence-electron chi connectivity index (χ3n) is 4.41. The maximum Gasteiger partial charge on any atom is 0.328 e. The van der Waals surface area contributed by atoms with Gasteiger partial charge in [-0.05, 0) is 55.7 Å². The van der Waals surface area contributed by atoms with Crippen molar-refractivity contribution in [2.24, 2.45) is 0 Å². The summed E-state index contributed by atoms with van der Waals surface area (Å²) >= 11 is 0. The van der Waals surface area contributed by atoms with Gasteiger partial charge < -0.3 is 29.2 Å². The van der Waals surface area contributed by atoms with Crippen LogP contribution in [0.3, 0.4) is 0 Å². The molecule has 10 heteroatoms. The van der Waals surface area contributed by atoms with Crippen LogP contribution < -0.4 is 14.2 Å². The minimum absolute atomic E-state index is 0.327. The molecule has 0 aliphatic heterocycles.